The van der Waals surface area contributed by atoms with Crippen LogP contribution < -0.4 is 5.73 Å². The molecule has 0 bridgehead atoms. The summed E-state index contributed by atoms with van der Waals surface area (Å²) in [5.41, 5.74) is 11.7. The highest BCUT2D eigenvalue weighted by molar-refractivity contribution is 5.94. The maximum atomic E-state index is 6.20. The molecule has 7 nitrogen and oxygen atoms in total. The van der Waals surface area contributed by atoms with Crippen molar-refractivity contribution < 1.29 is 9.57 Å². The minimum absolute atomic E-state index is 0.467. The molecule has 0 spiro atoms. The number of nitrogens with two attached hydrogens (primary N) is 1. The average molecular weight is 422 g/mol. The van der Waals surface area contributed by atoms with Crippen LogP contribution in [0.1, 0.15) is 48.9 Å². The van der Waals surface area contributed by atoms with E-state index < -0.39 is 0 Å². The maximum absolute atomic E-state index is 6.20. The molecule has 2 rings (SSSR count). The van der Waals surface area contributed by atoms with E-state index in [1.807, 2.05) is 58.0 Å². The van der Waals surface area contributed by atoms with E-state index in [-0.39, 0.29) is 0 Å². The van der Waals surface area contributed by atoms with E-state index in [4.69, 9.17) is 15.3 Å². The minimum Gasteiger partial charge on any atom is -0.497 e. The van der Waals surface area contributed by atoms with Crippen LogP contribution in [0.15, 0.2) is 59.5 Å². The molecule has 164 valence electrons. The molecular weight excluding hydrogens is 390 g/mol. The van der Waals surface area contributed by atoms with Gasteiger partial charge in [-0.1, -0.05) is 23.4 Å². The lowest BCUT2D eigenvalue weighted by Crippen LogP contribution is -2.06. The third-order valence-electron chi connectivity index (χ3n) is 4.20. The molecule has 2 N–H and O–H groups in total. The molecule has 0 saturated carbocycles. The molecule has 0 unspecified atom stereocenters. The Hall–Kier alpha value is -3.48. The number of aryl methyl sites for hydroxylation is 3. The van der Waals surface area contributed by atoms with Crippen LogP contribution in [0.5, 0.6) is 0 Å². The van der Waals surface area contributed by atoms with Crippen molar-refractivity contribution in [2.24, 2.45) is 10.9 Å². The smallest absolute Gasteiger partial charge is 0.177 e. The Morgan fingerprint density at radius 3 is 2.48 bits per heavy atom. The standard InChI is InChI=1S/C24H31N5O2/c1-16(2)13-21(30-6)15-22(25)23-11-7-9-20(28-23)10-8-12-31-29-19(5)24-26-17(3)14-18(4)27-24/h7,9,11,13-15H,1,8,10,12,25H2,2-6H3/b21-13+,22-15-,29-19+. The Bertz CT molecular complexity index is 989. The highest BCUT2D eigenvalue weighted by Gasteiger charge is 2.05. The first kappa shape index (κ1) is 23.8. The second kappa shape index (κ2) is 11.6. The zero-order valence-electron chi connectivity index (χ0n) is 19.0. The summed E-state index contributed by atoms with van der Waals surface area (Å²) in [5, 5.41) is 4.13. The first-order chi connectivity index (χ1) is 14.8. The number of nitrogens with zero attached hydrogens (tertiary/aromatic N) is 4. The summed E-state index contributed by atoms with van der Waals surface area (Å²) in [6, 6.07) is 7.70. The monoisotopic (exact) mass is 421 g/mol. The van der Waals surface area contributed by atoms with Crippen LogP contribution in [0.2, 0.25) is 0 Å². The van der Waals surface area contributed by atoms with Crippen LogP contribution in [-0.4, -0.2) is 34.4 Å². The third kappa shape index (κ3) is 8.04. The van der Waals surface area contributed by atoms with E-state index in [0.29, 0.717) is 35.3 Å². The van der Waals surface area contributed by atoms with Crippen molar-refractivity contribution in [1.82, 2.24) is 15.0 Å². The first-order valence-electron chi connectivity index (χ1n) is 10.1. The van der Waals surface area contributed by atoms with Gasteiger partial charge in [-0.2, -0.15) is 0 Å². The van der Waals surface area contributed by atoms with Crippen molar-refractivity contribution in [2.45, 2.75) is 40.5 Å². The van der Waals surface area contributed by atoms with Crippen LogP contribution in [0, 0.1) is 13.8 Å². The van der Waals surface area contributed by atoms with Gasteiger partial charge in [0, 0.05) is 23.2 Å². The number of aromatic nitrogens is 3. The lowest BCUT2D eigenvalue weighted by Gasteiger charge is -2.07. The summed E-state index contributed by atoms with van der Waals surface area (Å²) in [6.07, 6.45) is 5.08. The molecule has 0 aliphatic carbocycles. The molecule has 31 heavy (non-hydrogen) atoms. The molecule has 7 heteroatoms. The van der Waals surface area contributed by atoms with Crippen LogP contribution >= 0.6 is 0 Å². The number of hydrogen-bond acceptors (Lipinski definition) is 7. The van der Waals surface area contributed by atoms with Gasteiger partial charge >= 0.3 is 0 Å². The number of ether oxygens (including phenoxy) is 1. The van der Waals surface area contributed by atoms with Crippen LogP contribution in [0.4, 0.5) is 0 Å². The summed E-state index contributed by atoms with van der Waals surface area (Å²) in [6.45, 7) is 11.9. The van der Waals surface area contributed by atoms with Gasteiger partial charge in [0.1, 0.15) is 18.1 Å². The second-order valence-corrected chi connectivity index (χ2v) is 7.30. The van der Waals surface area contributed by atoms with Crippen molar-refractivity contribution in [3.63, 3.8) is 0 Å². The molecule has 0 aliphatic rings. The maximum Gasteiger partial charge on any atom is 0.177 e. The Balaban J connectivity index is 1.93. The van der Waals surface area contributed by atoms with E-state index in [0.717, 1.165) is 35.5 Å². The van der Waals surface area contributed by atoms with Gasteiger partial charge in [-0.3, -0.25) is 4.98 Å². The van der Waals surface area contributed by atoms with Gasteiger partial charge in [0.05, 0.1) is 18.5 Å². The van der Waals surface area contributed by atoms with Gasteiger partial charge in [0.15, 0.2) is 5.82 Å². The second-order valence-electron chi connectivity index (χ2n) is 7.30. The van der Waals surface area contributed by atoms with Crippen molar-refractivity contribution in [3.8, 4) is 0 Å². The summed E-state index contributed by atoms with van der Waals surface area (Å²) in [7, 11) is 1.60. The first-order valence-corrected chi connectivity index (χ1v) is 10.1. The fourth-order valence-corrected chi connectivity index (χ4v) is 2.80. The SMILES string of the molecule is C=C(C)/C=C(\C=C(/N)c1cccc(CCCO/N=C(\C)c2nc(C)cc(C)n2)n1)OC. The molecule has 2 aromatic heterocycles. The average Bonchev–Trinajstić information content (AvgIpc) is 2.72. The normalized spacial score (nSPS) is 12.6. The molecule has 0 radical (unpaired) electrons. The number of allylic oxidation sites excluding steroid dienone is 3. The molecule has 0 fully saturated rings. The zero-order chi connectivity index (χ0) is 22.8. The topological polar surface area (TPSA) is 95.5 Å². The number of pyridine rings is 1. The largest absolute Gasteiger partial charge is 0.497 e. The van der Waals surface area contributed by atoms with E-state index in [1.54, 1.807) is 13.2 Å². The van der Waals surface area contributed by atoms with E-state index in [1.165, 1.54) is 0 Å². The summed E-state index contributed by atoms with van der Waals surface area (Å²) in [5.74, 6) is 1.22. The molecule has 0 atom stereocenters. The van der Waals surface area contributed by atoms with Gasteiger partial charge < -0.3 is 15.3 Å². The van der Waals surface area contributed by atoms with Crippen LogP contribution in [0.25, 0.3) is 5.70 Å². The van der Waals surface area contributed by atoms with Crippen molar-refractivity contribution in [2.75, 3.05) is 13.7 Å². The van der Waals surface area contributed by atoms with Gasteiger partial charge in [0.2, 0.25) is 0 Å². The molecule has 0 aliphatic heterocycles. The predicted molar refractivity (Wildman–Crippen MR) is 124 cm³/mol. The van der Waals surface area contributed by atoms with Gasteiger partial charge in [0.25, 0.3) is 0 Å². The van der Waals surface area contributed by atoms with Gasteiger partial charge in [-0.05, 0) is 64.8 Å². The molecule has 0 amide bonds. The summed E-state index contributed by atoms with van der Waals surface area (Å²) < 4.78 is 5.32. The number of rotatable bonds is 10. The van der Waals surface area contributed by atoms with Gasteiger partial charge in [-0.25, -0.2) is 9.97 Å². The number of hydrogen-bond donors (Lipinski definition) is 1. The zero-order valence-corrected chi connectivity index (χ0v) is 19.0. The lowest BCUT2D eigenvalue weighted by atomic mass is 10.2. The number of methoxy groups -OCH3 is 1. The van der Waals surface area contributed by atoms with E-state index >= 15 is 0 Å². The lowest BCUT2D eigenvalue weighted by molar-refractivity contribution is 0.141. The highest BCUT2D eigenvalue weighted by Crippen LogP contribution is 2.13. The van der Waals surface area contributed by atoms with Crippen LogP contribution in [-0.2, 0) is 16.0 Å². The molecular formula is C24H31N5O2. The predicted octanol–water partition coefficient (Wildman–Crippen LogP) is 4.27. The molecule has 0 aromatic carbocycles. The summed E-state index contributed by atoms with van der Waals surface area (Å²) >= 11 is 0. The van der Waals surface area contributed by atoms with E-state index in [9.17, 15) is 0 Å². The Kier molecular flexibility index (Phi) is 8.94. The van der Waals surface area contributed by atoms with Crippen molar-refractivity contribution in [3.05, 3.63) is 82.9 Å². The molecule has 2 heterocycles. The van der Waals surface area contributed by atoms with Crippen LogP contribution in [0.3, 0.4) is 0 Å². The van der Waals surface area contributed by atoms with E-state index in [2.05, 4.69) is 26.7 Å². The third-order valence-corrected chi connectivity index (χ3v) is 4.20. The van der Waals surface area contributed by atoms with Gasteiger partial charge in [-0.15, -0.1) is 0 Å². The minimum atomic E-state index is 0.467. The fourth-order valence-electron chi connectivity index (χ4n) is 2.80. The Morgan fingerprint density at radius 1 is 1.13 bits per heavy atom. The summed E-state index contributed by atoms with van der Waals surface area (Å²) in [4.78, 5) is 18.8. The molecule has 0 saturated heterocycles. The number of oxime groups is 1. The highest BCUT2D eigenvalue weighted by atomic mass is 16.6. The Labute approximate surface area is 184 Å². The van der Waals surface area contributed by atoms with Crippen molar-refractivity contribution >= 4 is 11.4 Å². The fraction of sp³-hybridized carbons (Fsp3) is 0.333. The Morgan fingerprint density at radius 2 is 1.84 bits per heavy atom. The quantitative estimate of drug-likeness (QED) is 0.202. The molecule has 2 aromatic rings. The van der Waals surface area contributed by atoms with Crippen molar-refractivity contribution in [1.29, 1.82) is 0 Å².